The topological polar surface area (TPSA) is 24.4 Å². The molecule has 0 aliphatic carbocycles. The minimum Gasteiger partial charge on any atom is -0.300 e. The van der Waals surface area contributed by atoms with E-state index < -0.39 is 5.82 Å². The van der Waals surface area contributed by atoms with Gasteiger partial charge in [0.05, 0.1) is 15.6 Å². The molecule has 0 aromatic heterocycles. The Morgan fingerprint density at radius 1 is 1.38 bits per heavy atom. The van der Waals surface area contributed by atoms with Crippen molar-refractivity contribution in [2.45, 2.75) is 4.90 Å². The van der Waals surface area contributed by atoms with Gasteiger partial charge >= 0.3 is 0 Å². The van der Waals surface area contributed by atoms with Crippen LogP contribution in [0.25, 0.3) is 0 Å². The molecule has 0 fully saturated rings. The maximum Gasteiger partial charge on any atom is 0.206 e. The normalized spacial score (nSPS) is 14.5. The van der Waals surface area contributed by atoms with Crippen LogP contribution >= 0.6 is 35.1 Å². The second-order valence-electron chi connectivity index (χ2n) is 2.34. The highest BCUT2D eigenvalue weighted by Crippen LogP contribution is 2.35. The first-order chi connectivity index (χ1) is 6.16. The Labute approximate surface area is 88.3 Å². The molecule has 6 heteroatoms. The summed E-state index contributed by atoms with van der Waals surface area (Å²) in [7, 11) is 0. The summed E-state index contributed by atoms with van der Waals surface area (Å²) in [5.74, 6) is -0.456. The Morgan fingerprint density at radius 2 is 2.15 bits per heavy atom. The van der Waals surface area contributed by atoms with Crippen LogP contribution in [0.5, 0.6) is 0 Å². The molecule has 1 aromatic rings. The van der Waals surface area contributed by atoms with Crippen molar-refractivity contribution in [1.29, 1.82) is 0 Å². The van der Waals surface area contributed by atoms with Crippen molar-refractivity contribution in [3.63, 3.8) is 0 Å². The van der Waals surface area contributed by atoms with Crippen LogP contribution in [0.1, 0.15) is 0 Å². The summed E-state index contributed by atoms with van der Waals surface area (Å²) in [5, 5.41) is 0.314. The number of nitrogens with zero attached hydrogens (tertiary/aromatic N) is 1. The molecule has 2 nitrogen and oxygen atoms in total. The Bertz CT molecular complexity index is 394. The average Bonchev–Trinajstić information content (AvgIpc) is 2.08. The van der Waals surface area contributed by atoms with Gasteiger partial charge in [-0.15, -0.1) is 0 Å². The fourth-order valence-corrected chi connectivity index (χ4v) is 1.89. The standard InChI is InChI=1S/C7H3Cl2FN2S/c8-3-1-5-6(2-4(3)10)13-12-7(9)11-5/h1-2H,(H,11,12). The molecule has 68 valence electrons. The van der Waals surface area contributed by atoms with Crippen LogP contribution in [0.15, 0.2) is 22.0 Å². The third kappa shape index (κ3) is 1.75. The van der Waals surface area contributed by atoms with Gasteiger partial charge in [0.15, 0.2) is 0 Å². The predicted octanol–water partition coefficient (Wildman–Crippen LogP) is 3.32. The van der Waals surface area contributed by atoms with E-state index in [0.717, 1.165) is 0 Å². The summed E-state index contributed by atoms with van der Waals surface area (Å²) in [6, 6.07) is 2.77. The van der Waals surface area contributed by atoms with Crippen molar-refractivity contribution in [2.24, 2.45) is 4.99 Å². The fourth-order valence-electron chi connectivity index (χ4n) is 0.913. The number of amidine groups is 1. The van der Waals surface area contributed by atoms with E-state index in [1.165, 1.54) is 24.1 Å². The van der Waals surface area contributed by atoms with Crippen molar-refractivity contribution in [3.05, 3.63) is 23.0 Å². The van der Waals surface area contributed by atoms with E-state index in [2.05, 4.69) is 9.71 Å². The van der Waals surface area contributed by atoms with Crippen LogP contribution in [-0.2, 0) is 0 Å². The molecule has 1 aromatic carbocycles. The number of rotatable bonds is 0. The SMILES string of the molecule is Fc1cc2c(cc1Cl)N=C(Cl)NS2. The van der Waals surface area contributed by atoms with Crippen LogP contribution in [0.4, 0.5) is 10.1 Å². The van der Waals surface area contributed by atoms with Gasteiger partial charge in [0.25, 0.3) is 0 Å². The number of aliphatic imine (C=N–C) groups is 1. The zero-order valence-electron chi connectivity index (χ0n) is 6.14. The summed E-state index contributed by atoms with van der Waals surface area (Å²) in [5.41, 5.74) is 0.583. The van der Waals surface area contributed by atoms with E-state index in [9.17, 15) is 4.39 Å². The summed E-state index contributed by atoms with van der Waals surface area (Å²) in [6.45, 7) is 0. The zero-order valence-corrected chi connectivity index (χ0v) is 8.47. The van der Waals surface area contributed by atoms with Gasteiger partial charge in [-0.05, 0) is 35.7 Å². The van der Waals surface area contributed by atoms with Crippen LogP contribution in [0.2, 0.25) is 5.02 Å². The first kappa shape index (κ1) is 9.12. The number of benzene rings is 1. The van der Waals surface area contributed by atoms with Crippen molar-refractivity contribution in [3.8, 4) is 0 Å². The number of hydrogen-bond donors (Lipinski definition) is 1. The third-order valence-corrected chi connectivity index (χ3v) is 2.89. The van der Waals surface area contributed by atoms with Crippen LogP contribution in [-0.4, -0.2) is 5.29 Å². The number of nitrogens with one attached hydrogen (secondary N) is 1. The van der Waals surface area contributed by atoms with E-state index in [1.54, 1.807) is 0 Å². The molecule has 1 aliphatic rings. The Balaban J connectivity index is 2.57. The van der Waals surface area contributed by atoms with Gasteiger partial charge in [-0.1, -0.05) is 11.6 Å². The molecule has 0 amide bonds. The highest BCUT2D eigenvalue weighted by molar-refractivity contribution is 7.98. The van der Waals surface area contributed by atoms with Crippen LogP contribution in [0.3, 0.4) is 0 Å². The molecule has 2 rings (SSSR count). The molecule has 0 spiro atoms. The molecular weight excluding hydrogens is 234 g/mol. The molecule has 0 unspecified atom stereocenters. The zero-order chi connectivity index (χ0) is 9.42. The van der Waals surface area contributed by atoms with Crippen LogP contribution < -0.4 is 4.72 Å². The quantitative estimate of drug-likeness (QED) is 0.552. The van der Waals surface area contributed by atoms with Gasteiger partial charge in [0.1, 0.15) is 5.82 Å². The molecule has 0 saturated heterocycles. The molecule has 1 aliphatic heterocycles. The van der Waals surface area contributed by atoms with E-state index >= 15 is 0 Å². The Kier molecular flexibility index (Phi) is 2.36. The Hall–Kier alpha value is -0.450. The minimum absolute atomic E-state index is 0.0504. The molecule has 0 bridgehead atoms. The minimum atomic E-state index is -0.456. The fraction of sp³-hybridized carbons (Fsp3) is 0. The number of fused-ring (bicyclic) bond motifs is 1. The van der Waals surface area contributed by atoms with Gasteiger partial charge in [-0.2, -0.15) is 0 Å². The number of halogens is 3. The third-order valence-electron chi connectivity index (χ3n) is 1.47. The maximum absolute atomic E-state index is 12.9. The summed E-state index contributed by atoms with van der Waals surface area (Å²) < 4.78 is 15.7. The summed E-state index contributed by atoms with van der Waals surface area (Å²) in [6.07, 6.45) is 0. The van der Waals surface area contributed by atoms with E-state index in [0.29, 0.717) is 10.6 Å². The lowest BCUT2D eigenvalue weighted by atomic mass is 10.3. The van der Waals surface area contributed by atoms with Gasteiger partial charge < -0.3 is 4.72 Å². The van der Waals surface area contributed by atoms with Crippen molar-refractivity contribution in [1.82, 2.24) is 4.72 Å². The maximum atomic E-state index is 12.9. The lowest BCUT2D eigenvalue weighted by Gasteiger charge is -2.12. The number of hydrogen-bond acceptors (Lipinski definition) is 3. The van der Waals surface area contributed by atoms with Gasteiger partial charge in [0.2, 0.25) is 5.29 Å². The smallest absolute Gasteiger partial charge is 0.206 e. The molecule has 0 radical (unpaired) electrons. The molecular formula is C7H3Cl2FN2S. The van der Waals surface area contributed by atoms with Gasteiger partial charge in [-0.25, -0.2) is 9.38 Å². The highest BCUT2D eigenvalue weighted by atomic mass is 35.5. The lowest BCUT2D eigenvalue weighted by Crippen LogP contribution is -2.11. The largest absolute Gasteiger partial charge is 0.300 e. The van der Waals surface area contributed by atoms with E-state index in [4.69, 9.17) is 23.2 Å². The second-order valence-corrected chi connectivity index (χ2v) is 3.95. The average molecular weight is 237 g/mol. The highest BCUT2D eigenvalue weighted by Gasteiger charge is 2.13. The van der Waals surface area contributed by atoms with Crippen molar-refractivity contribution in [2.75, 3.05) is 0 Å². The molecule has 1 N–H and O–H groups in total. The molecule has 0 saturated carbocycles. The Morgan fingerprint density at radius 3 is 2.92 bits per heavy atom. The summed E-state index contributed by atoms with van der Waals surface area (Å²) >= 11 is 12.4. The molecule has 0 atom stereocenters. The van der Waals surface area contributed by atoms with Crippen LogP contribution in [0, 0.1) is 5.82 Å². The van der Waals surface area contributed by atoms with Crippen molar-refractivity contribution < 1.29 is 4.39 Å². The van der Waals surface area contributed by atoms with E-state index in [1.807, 2.05) is 0 Å². The first-order valence-electron chi connectivity index (χ1n) is 3.33. The first-order valence-corrected chi connectivity index (χ1v) is 4.90. The van der Waals surface area contributed by atoms with Crippen molar-refractivity contribution >= 4 is 46.1 Å². The van der Waals surface area contributed by atoms with E-state index in [-0.39, 0.29) is 10.3 Å². The predicted molar refractivity (Wildman–Crippen MR) is 53.4 cm³/mol. The summed E-state index contributed by atoms with van der Waals surface area (Å²) in [4.78, 5) is 4.62. The lowest BCUT2D eigenvalue weighted by molar-refractivity contribution is 0.625. The molecule has 13 heavy (non-hydrogen) atoms. The second kappa shape index (κ2) is 3.36. The van der Waals surface area contributed by atoms with Gasteiger partial charge in [0, 0.05) is 0 Å². The monoisotopic (exact) mass is 236 g/mol. The van der Waals surface area contributed by atoms with Gasteiger partial charge in [-0.3, -0.25) is 0 Å². The molecule has 1 heterocycles.